The van der Waals surface area contributed by atoms with Crippen molar-refractivity contribution in [1.82, 2.24) is 20.1 Å². The number of hydrogen-bond acceptors (Lipinski definition) is 5. The molecule has 7 nitrogen and oxygen atoms in total. The molecule has 0 radical (unpaired) electrons. The Labute approximate surface area is 131 Å². The largest absolute Gasteiger partial charge is 0.485 e. The average molecular weight is 310 g/mol. The minimum absolute atomic E-state index is 0.00774. The number of carbonyl (C=O) groups excluding carboxylic acids is 1. The van der Waals surface area contributed by atoms with Gasteiger partial charge in [-0.2, -0.15) is 5.10 Å². The SMILES string of the molecule is O=C(c1cc(-c2ccco2)[nH]n1)N1CC(Oc2cccnc2)C1. The number of nitrogens with zero attached hydrogens (tertiary/aromatic N) is 3. The first-order chi connectivity index (χ1) is 11.3. The van der Waals surface area contributed by atoms with Gasteiger partial charge in [-0.1, -0.05) is 0 Å². The first kappa shape index (κ1) is 13.6. The van der Waals surface area contributed by atoms with Gasteiger partial charge in [-0.05, 0) is 24.3 Å². The van der Waals surface area contributed by atoms with Crippen LogP contribution in [0.5, 0.6) is 5.75 Å². The summed E-state index contributed by atoms with van der Waals surface area (Å²) in [6, 6.07) is 8.95. The van der Waals surface area contributed by atoms with Gasteiger partial charge >= 0.3 is 0 Å². The summed E-state index contributed by atoms with van der Waals surface area (Å²) < 4.78 is 11.0. The number of carbonyl (C=O) groups is 1. The molecule has 0 unspecified atom stereocenters. The third kappa shape index (κ3) is 2.68. The van der Waals surface area contributed by atoms with E-state index in [1.807, 2.05) is 18.2 Å². The van der Waals surface area contributed by atoms with E-state index in [0.29, 0.717) is 36.0 Å². The van der Waals surface area contributed by atoms with Gasteiger partial charge in [-0.3, -0.25) is 14.9 Å². The highest BCUT2D eigenvalue weighted by atomic mass is 16.5. The summed E-state index contributed by atoms with van der Waals surface area (Å²) in [6.07, 6.45) is 4.92. The van der Waals surface area contributed by atoms with Crippen LogP contribution in [-0.2, 0) is 0 Å². The zero-order chi connectivity index (χ0) is 15.6. The van der Waals surface area contributed by atoms with E-state index >= 15 is 0 Å². The Bertz CT molecular complexity index is 792. The monoisotopic (exact) mass is 310 g/mol. The summed E-state index contributed by atoms with van der Waals surface area (Å²) in [7, 11) is 0. The van der Waals surface area contributed by atoms with Gasteiger partial charge in [0.05, 0.1) is 25.5 Å². The van der Waals surface area contributed by atoms with Gasteiger partial charge in [-0.15, -0.1) is 0 Å². The van der Waals surface area contributed by atoms with Gasteiger partial charge < -0.3 is 14.1 Å². The molecule has 7 heteroatoms. The van der Waals surface area contributed by atoms with Crippen LogP contribution in [0.25, 0.3) is 11.5 Å². The molecule has 1 amide bonds. The summed E-state index contributed by atoms with van der Waals surface area (Å²) in [5, 5.41) is 6.87. The lowest BCUT2D eigenvalue weighted by Crippen LogP contribution is -2.56. The summed E-state index contributed by atoms with van der Waals surface area (Å²) in [5.74, 6) is 1.24. The highest BCUT2D eigenvalue weighted by Crippen LogP contribution is 2.21. The Kier molecular flexibility index (Phi) is 3.30. The lowest BCUT2D eigenvalue weighted by atomic mass is 10.1. The molecule has 3 aromatic heterocycles. The highest BCUT2D eigenvalue weighted by Gasteiger charge is 2.34. The number of aromatic amines is 1. The maximum atomic E-state index is 12.4. The molecule has 23 heavy (non-hydrogen) atoms. The minimum Gasteiger partial charge on any atom is -0.485 e. The number of likely N-dealkylation sites (tertiary alicyclic amines) is 1. The van der Waals surface area contributed by atoms with Gasteiger partial charge in [0, 0.05) is 12.3 Å². The number of furan rings is 1. The van der Waals surface area contributed by atoms with Crippen molar-refractivity contribution in [3.8, 4) is 17.2 Å². The van der Waals surface area contributed by atoms with Crippen molar-refractivity contribution < 1.29 is 13.9 Å². The molecule has 0 spiro atoms. The normalized spacial score (nSPS) is 14.5. The molecule has 0 saturated carbocycles. The van der Waals surface area contributed by atoms with E-state index in [9.17, 15) is 4.79 Å². The number of aromatic nitrogens is 3. The summed E-state index contributed by atoms with van der Waals surface area (Å²) in [5.41, 5.74) is 1.05. The molecule has 0 aromatic carbocycles. The van der Waals surface area contributed by atoms with Crippen molar-refractivity contribution >= 4 is 5.91 Å². The quantitative estimate of drug-likeness (QED) is 0.796. The van der Waals surface area contributed by atoms with Crippen LogP contribution in [0.2, 0.25) is 0 Å². The third-order valence-corrected chi connectivity index (χ3v) is 3.66. The van der Waals surface area contributed by atoms with Crippen molar-refractivity contribution in [3.63, 3.8) is 0 Å². The van der Waals surface area contributed by atoms with E-state index in [2.05, 4.69) is 15.2 Å². The first-order valence-corrected chi connectivity index (χ1v) is 7.25. The maximum absolute atomic E-state index is 12.4. The van der Waals surface area contributed by atoms with Gasteiger partial charge in [-0.25, -0.2) is 0 Å². The molecule has 3 aromatic rings. The van der Waals surface area contributed by atoms with E-state index in [1.54, 1.807) is 35.7 Å². The molecule has 0 atom stereocenters. The fourth-order valence-electron chi connectivity index (χ4n) is 2.44. The van der Waals surface area contributed by atoms with Crippen LogP contribution in [0.1, 0.15) is 10.5 Å². The van der Waals surface area contributed by atoms with Gasteiger partial charge in [0.15, 0.2) is 11.5 Å². The van der Waals surface area contributed by atoms with E-state index in [-0.39, 0.29) is 12.0 Å². The van der Waals surface area contributed by atoms with E-state index < -0.39 is 0 Å². The van der Waals surface area contributed by atoms with E-state index in [4.69, 9.17) is 9.15 Å². The van der Waals surface area contributed by atoms with Crippen LogP contribution in [0, 0.1) is 0 Å². The molecule has 116 valence electrons. The van der Waals surface area contributed by atoms with Crippen LogP contribution < -0.4 is 4.74 Å². The average Bonchev–Trinajstić information content (AvgIpc) is 3.21. The fraction of sp³-hybridized carbons (Fsp3) is 0.188. The van der Waals surface area contributed by atoms with Gasteiger partial charge in [0.1, 0.15) is 17.5 Å². The number of nitrogens with one attached hydrogen (secondary N) is 1. The van der Waals surface area contributed by atoms with Crippen LogP contribution in [0.4, 0.5) is 0 Å². The molecular weight excluding hydrogens is 296 g/mol. The Morgan fingerprint density at radius 3 is 3.00 bits per heavy atom. The molecule has 1 fully saturated rings. The summed E-state index contributed by atoms with van der Waals surface area (Å²) in [4.78, 5) is 18.0. The summed E-state index contributed by atoms with van der Waals surface area (Å²) >= 11 is 0. The number of pyridine rings is 1. The van der Waals surface area contributed by atoms with Crippen molar-refractivity contribution in [1.29, 1.82) is 0 Å². The van der Waals surface area contributed by atoms with Crippen molar-refractivity contribution in [3.05, 3.63) is 54.7 Å². The van der Waals surface area contributed by atoms with Crippen LogP contribution in [0.3, 0.4) is 0 Å². The predicted octanol–water partition coefficient (Wildman–Crippen LogP) is 1.97. The molecule has 1 aliphatic heterocycles. The van der Waals surface area contributed by atoms with Crippen molar-refractivity contribution in [2.24, 2.45) is 0 Å². The second-order valence-corrected chi connectivity index (χ2v) is 5.28. The van der Waals surface area contributed by atoms with Gasteiger partial charge in [0.2, 0.25) is 0 Å². The number of rotatable bonds is 4. The zero-order valence-corrected chi connectivity index (χ0v) is 12.2. The van der Waals surface area contributed by atoms with E-state index in [0.717, 1.165) is 0 Å². The lowest BCUT2D eigenvalue weighted by Gasteiger charge is -2.38. The number of hydrogen-bond donors (Lipinski definition) is 1. The smallest absolute Gasteiger partial charge is 0.274 e. The Morgan fingerprint density at radius 2 is 2.26 bits per heavy atom. The summed E-state index contributed by atoms with van der Waals surface area (Å²) in [6.45, 7) is 1.08. The molecule has 1 aliphatic rings. The predicted molar refractivity (Wildman–Crippen MR) is 80.8 cm³/mol. The standard InChI is InChI=1S/C16H14N4O3/c21-16(14-7-13(18-19-14)15-4-2-6-22-15)20-9-12(10-20)23-11-3-1-5-17-8-11/h1-8,12H,9-10H2,(H,18,19). The topological polar surface area (TPSA) is 84.2 Å². The number of amides is 1. The second kappa shape index (κ2) is 5.60. The van der Waals surface area contributed by atoms with Gasteiger partial charge in [0.25, 0.3) is 5.91 Å². The Balaban J connectivity index is 1.36. The van der Waals surface area contributed by atoms with Crippen LogP contribution >= 0.6 is 0 Å². The van der Waals surface area contributed by atoms with Crippen LogP contribution in [0.15, 0.2) is 53.4 Å². The zero-order valence-electron chi connectivity index (χ0n) is 12.2. The molecular formula is C16H14N4O3. The minimum atomic E-state index is -0.120. The van der Waals surface area contributed by atoms with Crippen molar-refractivity contribution in [2.75, 3.05) is 13.1 Å². The number of ether oxygens (including phenoxy) is 1. The first-order valence-electron chi connectivity index (χ1n) is 7.25. The Morgan fingerprint density at radius 1 is 1.35 bits per heavy atom. The lowest BCUT2D eigenvalue weighted by molar-refractivity contribution is 0.0172. The molecule has 1 saturated heterocycles. The second-order valence-electron chi connectivity index (χ2n) is 5.28. The highest BCUT2D eigenvalue weighted by molar-refractivity contribution is 5.93. The maximum Gasteiger partial charge on any atom is 0.274 e. The molecule has 0 bridgehead atoms. The third-order valence-electron chi connectivity index (χ3n) is 3.66. The molecule has 4 heterocycles. The van der Waals surface area contributed by atoms with Crippen LogP contribution in [-0.4, -0.2) is 45.2 Å². The fourth-order valence-corrected chi connectivity index (χ4v) is 2.44. The van der Waals surface area contributed by atoms with Crippen molar-refractivity contribution in [2.45, 2.75) is 6.10 Å². The van der Waals surface area contributed by atoms with E-state index in [1.165, 1.54) is 0 Å². The molecule has 4 rings (SSSR count). The number of H-pyrrole nitrogens is 1. The molecule has 1 N–H and O–H groups in total. The Hall–Kier alpha value is -3.09. The molecule has 0 aliphatic carbocycles.